The maximum Gasteiger partial charge on any atom is 0.339 e. The lowest BCUT2D eigenvalue weighted by Crippen LogP contribution is -2.05. The topological polar surface area (TPSA) is 94.7 Å². The molecule has 0 saturated carbocycles. The second kappa shape index (κ2) is 6.25. The smallest absolute Gasteiger partial charge is 0.339 e. The second-order valence-electron chi connectivity index (χ2n) is 4.66. The molecular formula is C14H16N2O5. The van der Waals surface area contributed by atoms with Gasteiger partial charge in [0.05, 0.1) is 7.11 Å². The van der Waals surface area contributed by atoms with Gasteiger partial charge in [0.25, 0.3) is 0 Å². The normalized spacial score (nSPS) is 10.7. The highest BCUT2D eigenvalue weighted by atomic mass is 16.5. The molecule has 21 heavy (non-hydrogen) atoms. The predicted octanol–water partition coefficient (Wildman–Crippen LogP) is 2.48. The van der Waals surface area contributed by atoms with E-state index in [9.17, 15) is 4.79 Å². The summed E-state index contributed by atoms with van der Waals surface area (Å²) in [5, 5.41) is 12.9. The average molecular weight is 292 g/mol. The van der Waals surface area contributed by atoms with Gasteiger partial charge in [-0.1, -0.05) is 19.0 Å². The zero-order valence-corrected chi connectivity index (χ0v) is 12.0. The average Bonchev–Trinajstić information content (AvgIpc) is 2.93. The SMILES string of the molecule is COc1ccc(C(=O)O)c(OCc2noc(C(C)C)n2)c1. The molecule has 7 nitrogen and oxygen atoms in total. The van der Waals surface area contributed by atoms with Crippen LogP contribution >= 0.6 is 0 Å². The third kappa shape index (κ3) is 3.50. The first-order valence-corrected chi connectivity index (χ1v) is 6.38. The summed E-state index contributed by atoms with van der Waals surface area (Å²) in [5.74, 6) is 0.612. The number of hydrogen-bond acceptors (Lipinski definition) is 6. The molecule has 0 unspecified atom stereocenters. The van der Waals surface area contributed by atoms with Gasteiger partial charge in [0.2, 0.25) is 11.7 Å². The fraction of sp³-hybridized carbons (Fsp3) is 0.357. The molecular weight excluding hydrogens is 276 g/mol. The highest BCUT2D eigenvalue weighted by Gasteiger charge is 2.15. The number of carboxylic acids is 1. The number of aromatic nitrogens is 2. The van der Waals surface area contributed by atoms with Gasteiger partial charge in [-0.15, -0.1) is 0 Å². The highest BCUT2D eigenvalue weighted by Crippen LogP contribution is 2.25. The fourth-order valence-electron chi connectivity index (χ4n) is 1.63. The van der Waals surface area contributed by atoms with Gasteiger partial charge in [0.15, 0.2) is 6.61 Å². The Bertz CT molecular complexity index is 636. The third-order valence-corrected chi connectivity index (χ3v) is 2.75. The van der Waals surface area contributed by atoms with Gasteiger partial charge in [0.1, 0.15) is 17.1 Å². The van der Waals surface area contributed by atoms with Crippen LogP contribution in [0.1, 0.15) is 41.8 Å². The maximum atomic E-state index is 11.2. The van der Waals surface area contributed by atoms with Crippen molar-refractivity contribution in [3.8, 4) is 11.5 Å². The number of benzene rings is 1. The Morgan fingerprint density at radius 2 is 2.19 bits per heavy atom. The van der Waals surface area contributed by atoms with E-state index in [0.717, 1.165) is 0 Å². The van der Waals surface area contributed by atoms with E-state index < -0.39 is 5.97 Å². The van der Waals surface area contributed by atoms with Crippen LogP contribution in [0.4, 0.5) is 0 Å². The quantitative estimate of drug-likeness (QED) is 0.873. The standard InChI is InChI=1S/C14H16N2O5/c1-8(2)13-15-12(16-21-13)7-20-11-6-9(19-3)4-5-10(11)14(17)18/h4-6,8H,7H2,1-3H3,(H,17,18). The van der Waals surface area contributed by atoms with Crippen LogP contribution in [-0.2, 0) is 6.61 Å². The van der Waals surface area contributed by atoms with Gasteiger partial charge in [-0.25, -0.2) is 4.79 Å². The van der Waals surface area contributed by atoms with E-state index in [0.29, 0.717) is 17.5 Å². The van der Waals surface area contributed by atoms with Gasteiger partial charge >= 0.3 is 5.97 Å². The molecule has 0 aliphatic heterocycles. The summed E-state index contributed by atoms with van der Waals surface area (Å²) in [6.07, 6.45) is 0. The Hall–Kier alpha value is -2.57. The zero-order chi connectivity index (χ0) is 15.4. The van der Waals surface area contributed by atoms with Crippen molar-refractivity contribution < 1.29 is 23.9 Å². The predicted molar refractivity (Wildman–Crippen MR) is 72.7 cm³/mol. The minimum atomic E-state index is -1.08. The molecule has 112 valence electrons. The lowest BCUT2D eigenvalue weighted by Gasteiger charge is -2.09. The van der Waals surface area contributed by atoms with Crippen LogP contribution in [0.5, 0.6) is 11.5 Å². The number of hydrogen-bond donors (Lipinski definition) is 1. The van der Waals surface area contributed by atoms with Crippen molar-refractivity contribution in [1.82, 2.24) is 10.1 Å². The molecule has 1 aromatic heterocycles. The number of nitrogens with zero attached hydrogens (tertiary/aromatic N) is 2. The lowest BCUT2D eigenvalue weighted by atomic mass is 10.2. The molecule has 2 aromatic rings. The minimum Gasteiger partial charge on any atom is -0.497 e. The van der Waals surface area contributed by atoms with Crippen LogP contribution in [0, 0.1) is 0 Å². The van der Waals surface area contributed by atoms with E-state index in [4.69, 9.17) is 19.1 Å². The summed E-state index contributed by atoms with van der Waals surface area (Å²) in [4.78, 5) is 15.3. The summed E-state index contributed by atoms with van der Waals surface area (Å²) in [6, 6.07) is 4.49. The number of carboxylic acid groups (broad SMARTS) is 1. The second-order valence-corrected chi connectivity index (χ2v) is 4.66. The molecule has 0 saturated heterocycles. The Balaban J connectivity index is 2.15. The van der Waals surface area contributed by atoms with Crippen molar-refractivity contribution in [2.24, 2.45) is 0 Å². The molecule has 2 rings (SSSR count). The Kier molecular flexibility index (Phi) is 4.42. The van der Waals surface area contributed by atoms with Crippen LogP contribution in [0.3, 0.4) is 0 Å². The molecule has 0 spiro atoms. The summed E-state index contributed by atoms with van der Waals surface area (Å²) in [6.45, 7) is 3.88. The summed E-state index contributed by atoms with van der Waals surface area (Å²) >= 11 is 0. The van der Waals surface area contributed by atoms with E-state index in [1.165, 1.54) is 19.2 Å². The molecule has 0 radical (unpaired) electrons. The number of methoxy groups -OCH3 is 1. The minimum absolute atomic E-state index is 0.0175. The number of rotatable bonds is 6. The van der Waals surface area contributed by atoms with Gasteiger partial charge in [-0.3, -0.25) is 0 Å². The first-order valence-electron chi connectivity index (χ1n) is 6.38. The molecule has 0 bridgehead atoms. The number of carbonyl (C=O) groups is 1. The van der Waals surface area contributed by atoms with Crippen LogP contribution in [0.15, 0.2) is 22.7 Å². The largest absolute Gasteiger partial charge is 0.497 e. The van der Waals surface area contributed by atoms with Crippen LogP contribution in [-0.4, -0.2) is 28.3 Å². The number of aromatic carboxylic acids is 1. The maximum absolute atomic E-state index is 11.2. The molecule has 1 aromatic carbocycles. The highest BCUT2D eigenvalue weighted by molar-refractivity contribution is 5.91. The fourth-order valence-corrected chi connectivity index (χ4v) is 1.63. The third-order valence-electron chi connectivity index (χ3n) is 2.75. The van der Waals surface area contributed by atoms with Crippen molar-refractivity contribution >= 4 is 5.97 Å². The molecule has 0 amide bonds. The first-order chi connectivity index (χ1) is 10.0. The van der Waals surface area contributed by atoms with Crippen LogP contribution in [0.25, 0.3) is 0 Å². The summed E-state index contributed by atoms with van der Waals surface area (Å²) < 4.78 is 15.6. The van der Waals surface area contributed by atoms with E-state index in [1.54, 1.807) is 6.07 Å². The van der Waals surface area contributed by atoms with Crippen molar-refractivity contribution in [1.29, 1.82) is 0 Å². The van der Waals surface area contributed by atoms with Gasteiger partial charge in [0, 0.05) is 12.0 Å². The van der Waals surface area contributed by atoms with Crippen molar-refractivity contribution in [3.05, 3.63) is 35.5 Å². The van der Waals surface area contributed by atoms with E-state index in [1.807, 2.05) is 13.8 Å². The molecule has 0 aliphatic rings. The van der Waals surface area contributed by atoms with Crippen molar-refractivity contribution in [2.45, 2.75) is 26.4 Å². The van der Waals surface area contributed by atoms with Crippen molar-refractivity contribution in [3.63, 3.8) is 0 Å². The number of ether oxygens (including phenoxy) is 2. The molecule has 7 heteroatoms. The molecule has 0 fully saturated rings. The lowest BCUT2D eigenvalue weighted by molar-refractivity contribution is 0.0691. The Labute approximate surface area is 121 Å². The molecule has 0 aliphatic carbocycles. The van der Waals surface area contributed by atoms with E-state index >= 15 is 0 Å². The van der Waals surface area contributed by atoms with E-state index in [-0.39, 0.29) is 23.8 Å². The van der Waals surface area contributed by atoms with Gasteiger partial charge < -0.3 is 19.1 Å². The zero-order valence-electron chi connectivity index (χ0n) is 12.0. The van der Waals surface area contributed by atoms with Gasteiger partial charge in [-0.05, 0) is 12.1 Å². The van der Waals surface area contributed by atoms with Crippen LogP contribution in [0.2, 0.25) is 0 Å². The Morgan fingerprint density at radius 3 is 2.76 bits per heavy atom. The monoisotopic (exact) mass is 292 g/mol. The Morgan fingerprint density at radius 1 is 1.43 bits per heavy atom. The molecule has 1 N–H and O–H groups in total. The molecule has 0 atom stereocenters. The van der Waals surface area contributed by atoms with E-state index in [2.05, 4.69) is 10.1 Å². The summed E-state index contributed by atoms with van der Waals surface area (Å²) in [7, 11) is 1.49. The first kappa shape index (κ1) is 14.8. The molecule has 1 heterocycles. The van der Waals surface area contributed by atoms with Crippen LogP contribution < -0.4 is 9.47 Å². The van der Waals surface area contributed by atoms with Crippen molar-refractivity contribution in [2.75, 3.05) is 7.11 Å². The van der Waals surface area contributed by atoms with Gasteiger partial charge in [-0.2, -0.15) is 4.98 Å². The summed E-state index contributed by atoms with van der Waals surface area (Å²) in [5.41, 5.74) is 0.0448.